The van der Waals surface area contributed by atoms with Gasteiger partial charge in [-0.15, -0.1) is 11.3 Å². The second kappa shape index (κ2) is 5.45. The van der Waals surface area contributed by atoms with Crippen LogP contribution in [0.3, 0.4) is 0 Å². The first-order valence-corrected chi connectivity index (χ1v) is 6.99. The normalized spacial score (nSPS) is 10.5. The Bertz CT molecular complexity index is 617. The second-order valence-corrected chi connectivity index (χ2v) is 6.15. The van der Waals surface area contributed by atoms with Crippen molar-refractivity contribution in [2.24, 2.45) is 5.73 Å². The van der Waals surface area contributed by atoms with Crippen molar-refractivity contribution in [1.82, 2.24) is 0 Å². The second-order valence-electron chi connectivity index (χ2n) is 4.69. The number of carbonyl (C=O) groups excluding carboxylic acids is 1. The first-order chi connectivity index (χ1) is 8.97. The Hall–Kier alpha value is -1.81. The minimum absolute atomic E-state index is 0.390. The predicted molar refractivity (Wildman–Crippen MR) is 80.8 cm³/mol. The molecule has 0 aliphatic rings. The van der Waals surface area contributed by atoms with Crippen LogP contribution >= 0.6 is 11.3 Å². The zero-order valence-electron chi connectivity index (χ0n) is 11.4. The number of hydrogen-bond acceptors (Lipinski definition) is 3. The Labute approximate surface area is 117 Å². The highest BCUT2D eigenvalue weighted by Crippen LogP contribution is 2.23. The van der Waals surface area contributed by atoms with Crippen LogP contribution in [0.25, 0.3) is 0 Å². The van der Waals surface area contributed by atoms with Crippen LogP contribution in [0, 0.1) is 20.8 Å². The van der Waals surface area contributed by atoms with Crippen LogP contribution in [0.2, 0.25) is 0 Å². The number of amides is 1. The molecule has 0 unspecified atom stereocenters. The smallest absolute Gasteiger partial charge is 0.248 e. The molecule has 4 heteroatoms. The molecule has 1 aromatic carbocycles. The summed E-state index contributed by atoms with van der Waals surface area (Å²) in [5.74, 6) is -0.390. The topological polar surface area (TPSA) is 55.1 Å². The maximum absolute atomic E-state index is 11.1. The standard InChI is InChI=1S/C15H18N2OS/c1-9-6-12(15(16)18)4-5-14(9)17-8-13-7-10(2)19-11(13)3/h4-7,17H,8H2,1-3H3,(H2,16,18). The number of nitrogens with two attached hydrogens (primary N) is 1. The van der Waals surface area contributed by atoms with Crippen molar-refractivity contribution in [1.29, 1.82) is 0 Å². The number of primary amides is 1. The van der Waals surface area contributed by atoms with E-state index in [4.69, 9.17) is 5.73 Å². The van der Waals surface area contributed by atoms with Crippen LogP contribution in [0.4, 0.5) is 5.69 Å². The van der Waals surface area contributed by atoms with Gasteiger partial charge in [0.2, 0.25) is 5.91 Å². The lowest BCUT2D eigenvalue weighted by molar-refractivity contribution is 0.1000. The lowest BCUT2D eigenvalue weighted by Gasteiger charge is -2.10. The quantitative estimate of drug-likeness (QED) is 0.898. The SMILES string of the molecule is Cc1cc(CNc2ccc(C(N)=O)cc2C)c(C)s1. The van der Waals surface area contributed by atoms with Gasteiger partial charge in [0.05, 0.1) is 0 Å². The van der Waals surface area contributed by atoms with Crippen LogP contribution in [0.1, 0.15) is 31.2 Å². The van der Waals surface area contributed by atoms with E-state index in [0.29, 0.717) is 5.56 Å². The molecule has 0 spiro atoms. The zero-order valence-corrected chi connectivity index (χ0v) is 12.2. The Morgan fingerprint density at radius 2 is 2.00 bits per heavy atom. The summed E-state index contributed by atoms with van der Waals surface area (Å²) in [6.45, 7) is 7.03. The molecule has 0 radical (unpaired) electrons. The van der Waals surface area contributed by atoms with Gasteiger partial charge < -0.3 is 11.1 Å². The minimum atomic E-state index is -0.390. The van der Waals surface area contributed by atoms with Gasteiger partial charge in [0.15, 0.2) is 0 Å². The van der Waals surface area contributed by atoms with Crippen LogP contribution in [-0.4, -0.2) is 5.91 Å². The van der Waals surface area contributed by atoms with E-state index < -0.39 is 0 Å². The van der Waals surface area contributed by atoms with Gasteiger partial charge in [0, 0.05) is 27.5 Å². The fraction of sp³-hybridized carbons (Fsp3) is 0.267. The van der Waals surface area contributed by atoms with Gasteiger partial charge in [-0.3, -0.25) is 4.79 Å². The molecule has 0 fully saturated rings. The maximum Gasteiger partial charge on any atom is 0.248 e. The predicted octanol–water partition coefficient (Wildman–Crippen LogP) is 3.38. The molecule has 0 aliphatic heterocycles. The van der Waals surface area contributed by atoms with Crippen LogP contribution < -0.4 is 11.1 Å². The summed E-state index contributed by atoms with van der Waals surface area (Å²) in [5.41, 5.74) is 9.19. The van der Waals surface area contributed by atoms with E-state index >= 15 is 0 Å². The average Bonchev–Trinajstić information content (AvgIpc) is 2.66. The summed E-state index contributed by atoms with van der Waals surface area (Å²) in [4.78, 5) is 13.8. The van der Waals surface area contributed by atoms with E-state index in [9.17, 15) is 4.79 Å². The van der Waals surface area contributed by atoms with Gasteiger partial charge in [0.1, 0.15) is 0 Å². The van der Waals surface area contributed by atoms with Gasteiger partial charge >= 0.3 is 0 Å². The van der Waals surface area contributed by atoms with Crippen LogP contribution in [0.15, 0.2) is 24.3 Å². The van der Waals surface area contributed by atoms with Crippen molar-refractivity contribution >= 4 is 22.9 Å². The monoisotopic (exact) mass is 274 g/mol. The molecule has 0 bridgehead atoms. The highest BCUT2D eigenvalue weighted by molar-refractivity contribution is 7.12. The van der Waals surface area contributed by atoms with E-state index in [-0.39, 0.29) is 5.91 Å². The third kappa shape index (κ3) is 3.15. The van der Waals surface area contributed by atoms with Gasteiger partial charge in [-0.1, -0.05) is 0 Å². The third-order valence-corrected chi connectivity index (χ3v) is 4.13. The zero-order chi connectivity index (χ0) is 14.0. The molecule has 0 atom stereocenters. The molecule has 0 aliphatic carbocycles. The van der Waals surface area contributed by atoms with Gasteiger partial charge in [-0.05, 0) is 56.2 Å². The molecular weight excluding hydrogens is 256 g/mol. The number of nitrogens with one attached hydrogen (secondary N) is 1. The molecule has 2 aromatic rings. The summed E-state index contributed by atoms with van der Waals surface area (Å²) in [6.07, 6.45) is 0. The Morgan fingerprint density at radius 3 is 2.53 bits per heavy atom. The number of benzene rings is 1. The largest absolute Gasteiger partial charge is 0.381 e. The highest BCUT2D eigenvalue weighted by atomic mass is 32.1. The molecule has 1 aromatic heterocycles. The average molecular weight is 274 g/mol. The molecule has 3 nitrogen and oxygen atoms in total. The number of aryl methyl sites for hydroxylation is 3. The fourth-order valence-corrected chi connectivity index (χ4v) is 3.01. The van der Waals surface area contributed by atoms with Crippen molar-refractivity contribution in [3.05, 3.63) is 50.7 Å². The summed E-state index contributed by atoms with van der Waals surface area (Å²) in [6, 6.07) is 7.68. The number of thiophene rings is 1. The molecule has 0 saturated heterocycles. The van der Waals surface area contributed by atoms with E-state index in [1.807, 2.05) is 30.4 Å². The summed E-state index contributed by atoms with van der Waals surface area (Å²) in [7, 11) is 0. The molecule has 19 heavy (non-hydrogen) atoms. The van der Waals surface area contributed by atoms with Crippen molar-refractivity contribution in [3.63, 3.8) is 0 Å². The van der Waals surface area contributed by atoms with E-state index in [1.54, 1.807) is 6.07 Å². The van der Waals surface area contributed by atoms with Gasteiger partial charge in [-0.25, -0.2) is 0 Å². The maximum atomic E-state index is 11.1. The molecule has 1 amide bonds. The summed E-state index contributed by atoms with van der Waals surface area (Å²) < 4.78 is 0. The number of hydrogen-bond donors (Lipinski definition) is 2. The molecule has 1 heterocycles. The minimum Gasteiger partial charge on any atom is -0.381 e. The fourth-order valence-electron chi connectivity index (χ4n) is 2.06. The summed E-state index contributed by atoms with van der Waals surface area (Å²) in [5, 5.41) is 3.40. The molecule has 100 valence electrons. The van der Waals surface area contributed by atoms with Gasteiger partial charge in [-0.2, -0.15) is 0 Å². The number of rotatable bonds is 4. The first kappa shape index (κ1) is 13.6. The van der Waals surface area contributed by atoms with Crippen molar-refractivity contribution in [2.75, 3.05) is 5.32 Å². The first-order valence-electron chi connectivity index (χ1n) is 6.17. The highest BCUT2D eigenvalue weighted by Gasteiger charge is 2.06. The number of anilines is 1. The van der Waals surface area contributed by atoms with Crippen LogP contribution in [0.5, 0.6) is 0 Å². The Morgan fingerprint density at radius 1 is 1.26 bits per heavy atom. The Balaban J connectivity index is 2.12. The lowest BCUT2D eigenvalue weighted by atomic mass is 10.1. The van der Waals surface area contributed by atoms with E-state index in [0.717, 1.165) is 17.8 Å². The molecule has 3 N–H and O–H groups in total. The van der Waals surface area contributed by atoms with Crippen molar-refractivity contribution < 1.29 is 4.79 Å². The van der Waals surface area contributed by atoms with E-state index in [2.05, 4.69) is 25.2 Å². The summed E-state index contributed by atoms with van der Waals surface area (Å²) >= 11 is 1.81. The van der Waals surface area contributed by atoms with Crippen molar-refractivity contribution in [2.45, 2.75) is 27.3 Å². The Kier molecular flexibility index (Phi) is 3.90. The van der Waals surface area contributed by atoms with Crippen LogP contribution in [-0.2, 0) is 6.54 Å². The van der Waals surface area contributed by atoms with Gasteiger partial charge in [0.25, 0.3) is 0 Å². The molecule has 2 rings (SSSR count). The molecule has 0 saturated carbocycles. The molecular formula is C15H18N2OS. The van der Waals surface area contributed by atoms with Crippen molar-refractivity contribution in [3.8, 4) is 0 Å². The number of carbonyl (C=O) groups is 1. The third-order valence-electron chi connectivity index (χ3n) is 3.12. The lowest BCUT2D eigenvalue weighted by Crippen LogP contribution is -2.11. The van der Waals surface area contributed by atoms with E-state index in [1.165, 1.54) is 15.3 Å².